The normalized spacial score (nSPS) is 10.9. The number of amides is 1. The van der Waals surface area contributed by atoms with E-state index in [0.717, 1.165) is 0 Å². The van der Waals surface area contributed by atoms with Gasteiger partial charge in [-0.1, -0.05) is 38.1 Å². The molecule has 1 N–H and O–H groups in total. The Labute approximate surface area is 155 Å². The maximum absolute atomic E-state index is 12.4. The molecule has 0 saturated heterocycles. The first-order chi connectivity index (χ1) is 12.4. The summed E-state index contributed by atoms with van der Waals surface area (Å²) in [5, 5.41) is 2.89. The number of methoxy groups -OCH3 is 2. The van der Waals surface area contributed by atoms with Gasteiger partial charge in [-0.25, -0.2) is 0 Å². The van der Waals surface area contributed by atoms with Crippen molar-refractivity contribution in [3.8, 4) is 11.5 Å². The van der Waals surface area contributed by atoms with Gasteiger partial charge in [-0.05, 0) is 36.2 Å². The fraction of sp³-hybridized carbons (Fsp3) is 0.381. The molecule has 140 valence electrons. The predicted molar refractivity (Wildman–Crippen MR) is 105 cm³/mol. The van der Waals surface area contributed by atoms with Gasteiger partial charge in [0.1, 0.15) is 11.5 Å². The molecule has 2 aromatic carbocycles. The largest absolute Gasteiger partial charge is 0.497 e. The highest BCUT2D eigenvalue weighted by atomic mass is 16.5. The first-order valence-electron chi connectivity index (χ1n) is 8.72. The van der Waals surface area contributed by atoms with Crippen molar-refractivity contribution in [1.29, 1.82) is 0 Å². The summed E-state index contributed by atoms with van der Waals surface area (Å²) in [6, 6.07) is 13.9. The van der Waals surface area contributed by atoms with E-state index >= 15 is 0 Å². The number of hydrogen-bond acceptors (Lipinski definition) is 4. The Kier molecular flexibility index (Phi) is 7.04. The summed E-state index contributed by atoms with van der Waals surface area (Å²) < 4.78 is 10.5. The lowest BCUT2D eigenvalue weighted by Gasteiger charge is -2.18. The third-order valence-electron chi connectivity index (χ3n) is 4.19. The number of ether oxygens (including phenoxy) is 2. The van der Waals surface area contributed by atoms with Gasteiger partial charge in [0.2, 0.25) is 5.91 Å². The first-order valence-corrected chi connectivity index (χ1v) is 8.72. The van der Waals surface area contributed by atoms with Crippen LogP contribution in [0.15, 0.2) is 42.5 Å². The molecule has 0 aliphatic rings. The van der Waals surface area contributed by atoms with Gasteiger partial charge in [0, 0.05) is 12.6 Å². The summed E-state index contributed by atoms with van der Waals surface area (Å²) in [7, 11) is 5.09. The van der Waals surface area contributed by atoms with Gasteiger partial charge in [0.25, 0.3) is 0 Å². The van der Waals surface area contributed by atoms with Crippen molar-refractivity contribution in [3.63, 3.8) is 0 Å². The average Bonchev–Trinajstić information content (AvgIpc) is 2.61. The minimum Gasteiger partial charge on any atom is -0.497 e. The van der Waals surface area contributed by atoms with Crippen molar-refractivity contribution in [2.45, 2.75) is 26.3 Å². The molecule has 0 saturated carbocycles. The highest BCUT2D eigenvalue weighted by Gasteiger charge is 2.12. The molecule has 0 spiro atoms. The number of carbonyl (C=O) groups excluding carboxylic acids is 1. The van der Waals surface area contributed by atoms with Crippen molar-refractivity contribution in [3.05, 3.63) is 53.6 Å². The fourth-order valence-corrected chi connectivity index (χ4v) is 2.72. The SMILES string of the molecule is COc1ccc(OC)c(NC(=O)CN(C)Cc2ccc(C(C)C)cc2)c1. The van der Waals surface area contributed by atoms with Gasteiger partial charge >= 0.3 is 0 Å². The Hall–Kier alpha value is -2.53. The van der Waals surface area contributed by atoms with Crippen LogP contribution in [0.5, 0.6) is 11.5 Å². The van der Waals surface area contributed by atoms with Crippen molar-refractivity contribution in [2.24, 2.45) is 0 Å². The molecule has 0 atom stereocenters. The van der Waals surface area contributed by atoms with Crippen LogP contribution in [0.1, 0.15) is 30.9 Å². The summed E-state index contributed by atoms with van der Waals surface area (Å²) in [4.78, 5) is 14.4. The molecule has 1 amide bonds. The lowest BCUT2D eigenvalue weighted by atomic mass is 10.0. The van der Waals surface area contributed by atoms with Gasteiger partial charge in [-0.2, -0.15) is 0 Å². The molecule has 0 heterocycles. The molecule has 5 nitrogen and oxygen atoms in total. The number of rotatable bonds is 8. The van der Waals surface area contributed by atoms with Crippen LogP contribution in [-0.4, -0.2) is 38.6 Å². The van der Waals surface area contributed by atoms with Crippen molar-refractivity contribution in [2.75, 3.05) is 33.1 Å². The number of carbonyl (C=O) groups is 1. The Morgan fingerprint density at radius 1 is 1.08 bits per heavy atom. The summed E-state index contributed by atoms with van der Waals surface area (Å²) in [6.07, 6.45) is 0. The zero-order valence-corrected chi connectivity index (χ0v) is 16.2. The van der Waals surface area contributed by atoms with E-state index in [9.17, 15) is 4.79 Å². The molecule has 2 rings (SSSR count). The zero-order valence-electron chi connectivity index (χ0n) is 16.2. The molecular weight excluding hydrogens is 328 g/mol. The second-order valence-electron chi connectivity index (χ2n) is 6.68. The molecule has 0 fully saturated rings. The summed E-state index contributed by atoms with van der Waals surface area (Å²) in [5.41, 5.74) is 3.11. The average molecular weight is 356 g/mol. The molecule has 26 heavy (non-hydrogen) atoms. The van der Waals surface area contributed by atoms with E-state index in [1.165, 1.54) is 11.1 Å². The maximum Gasteiger partial charge on any atom is 0.238 e. The van der Waals surface area contributed by atoms with E-state index < -0.39 is 0 Å². The van der Waals surface area contributed by atoms with Crippen LogP contribution in [0.3, 0.4) is 0 Å². The molecule has 0 bridgehead atoms. The summed E-state index contributed by atoms with van der Waals surface area (Å²) >= 11 is 0. The van der Waals surface area contributed by atoms with Gasteiger partial charge in [0.15, 0.2) is 0 Å². The number of likely N-dealkylation sites (N-methyl/N-ethyl adjacent to an activating group) is 1. The number of nitrogens with zero attached hydrogens (tertiary/aromatic N) is 1. The number of benzene rings is 2. The molecular formula is C21H28N2O3. The third kappa shape index (κ3) is 5.49. The first kappa shape index (κ1) is 19.8. The molecule has 0 aromatic heterocycles. The predicted octanol–water partition coefficient (Wildman–Crippen LogP) is 3.90. The van der Waals surface area contributed by atoms with E-state index in [0.29, 0.717) is 29.6 Å². The van der Waals surface area contributed by atoms with Crippen molar-refractivity contribution < 1.29 is 14.3 Å². The number of anilines is 1. The molecule has 0 aliphatic carbocycles. The Morgan fingerprint density at radius 3 is 2.35 bits per heavy atom. The lowest BCUT2D eigenvalue weighted by molar-refractivity contribution is -0.117. The van der Waals surface area contributed by atoms with Gasteiger partial charge in [-0.3, -0.25) is 9.69 Å². The number of hydrogen-bond donors (Lipinski definition) is 1. The minimum absolute atomic E-state index is 0.0992. The highest BCUT2D eigenvalue weighted by Crippen LogP contribution is 2.28. The van der Waals surface area contributed by atoms with Crippen LogP contribution in [0.4, 0.5) is 5.69 Å². The third-order valence-corrected chi connectivity index (χ3v) is 4.19. The van der Waals surface area contributed by atoms with Gasteiger partial charge < -0.3 is 14.8 Å². The van der Waals surface area contributed by atoms with Crippen molar-refractivity contribution >= 4 is 11.6 Å². The monoisotopic (exact) mass is 356 g/mol. The molecule has 5 heteroatoms. The van der Waals surface area contributed by atoms with E-state index in [1.54, 1.807) is 32.4 Å². The zero-order chi connectivity index (χ0) is 19.1. The second-order valence-corrected chi connectivity index (χ2v) is 6.68. The van der Waals surface area contributed by atoms with E-state index in [2.05, 4.69) is 43.4 Å². The standard InChI is InChI=1S/C21H28N2O3/c1-15(2)17-8-6-16(7-9-17)13-23(3)14-21(24)22-19-12-18(25-4)10-11-20(19)26-5/h6-12,15H,13-14H2,1-5H3,(H,22,24). The van der Waals surface area contributed by atoms with Crippen LogP contribution < -0.4 is 14.8 Å². The number of nitrogens with one attached hydrogen (secondary N) is 1. The molecule has 0 radical (unpaired) electrons. The van der Waals surface area contributed by atoms with Crippen LogP contribution in [0.2, 0.25) is 0 Å². The quantitative estimate of drug-likeness (QED) is 0.779. The van der Waals surface area contributed by atoms with E-state index in [4.69, 9.17) is 9.47 Å². The van der Waals surface area contributed by atoms with E-state index in [1.807, 2.05) is 11.9 Å². The lowest BCUT2D eigenvalue weighted by Crippen LogP contribution is -2.30. The van der Waals surface area contributed by atoms with Crippen molar-refractivity contribution in [1.82, 2.24) is 4.90 Å². The maximum atomic E-state index is 12.4. The minimum atomic E-state index is -0.0992. The highest BCUT2D eigenvalue weighted by molar-refractivity contribution is 5.93. The van der Waals surface area contributed by atoms with Crippen LogP contribution >= 0.6 is 0 Å². The Balaban J connectivity index is 1.94. The molecule has 0 aliphatic heterocycles. The van der Waals surface area contributed by atoms with Crippen LogP contribution in [0.25, 0.3) is 0 Å². The molecule has 0 unspecified atom stereocenters. The van der Waals surface area contributed by atoms with Gasteiger partial charge in [0.05, 0.1) is 26.5 Å². The Morgan fingerprint density at radius 2 is 1.77 bits per heavy atom. The topological polar surface area (TPSA) is 50.8 Å². The second kappa shape index (κ2) is 9.25. The van der Waals surface area contributed by atoms with Gasteiger partial charge in [-0.15, -0.1) is 0 Å². The van der Waals surface area contributed by atoms with Crippen LogP contribution in [-0.2, 0) is 11.3 Å². The Bertz CT molecular complexity index is 727. The smallest absolute Gasteiger partial charge is 0.238 e. The summed E-state index contributed by atoms with van der Waals surface area (Å²) in [5.74, 6) is 1.69. The fourth-order valence-electron chi connectivity index (χ4n) is 2.72. The molecule has 2 aromatic rings. The van der Waals surface area contributed by atoms with Crippen LogP contribution in [0, 0.1) is 0 Å². The summed E-state index contributed by atoms with van der Waals surface area (Å²) in [6.45, 7) is 5.35. The van der Waals surface area contributed by atoms with E-state index in [-0.39, 0.29) is 12.5 Å².